The second kappa shape index (κ2) is 12.2. The van der Waals surface area contributed by atoms with Gasteiger partial charge in [-0.15, -0.1) is 22.7 Å². The average Bonchev–Trinajstić information content (AvgIpc) is 3.56. The fraction of sp³-hybridized carbons (Fsp3) is 0.538. The van der Waals surface area contributed by atoms with Crippen LogP contribution in [0.15, 0.2) is 16.8 Å². The van der Waals surface area contributed by atoms with Crippen LogP contribution in [0.1, 0.15) is 92.4 Å². The topological polar surface area (TPSA) is 180 Å². The number of aromatic nitrogens is 2. The van der Waals surface area contributed by atoms with Gasteiger partial charge in [0.05, 0.1) is 17.9 Å². The number of nitrogens with one attached hydrogen (secondary N) is 2. The third-order valence-corrected chi connectivity index (χ3v) is 7.73. The maximum atomic E-state index is 13.5. The van der Waals surface area contributed by atoms with E-state index in [4.69, 9.17) is 14.6 Å². The van der Waals surface area contributed by atoms with Gasteiger partial charge in [0, 0.05) is 10.8 Å². The van der Waals surface area contributed by atoms with E-state index in [1.54, 1.807) is 54.5 Å². The number of rotatable bonds is 8. The van der Waals surface area contributed by atoms with Crippen molar-refractivity contribution < 1.29 is 38.9 Å². The van der Waals surface area contributed by atoms with Crippen LogP contribution in [-0.4, -0.2) is 78.5 Å². The molecule has 4 N–H and O–H groups in total. The van der Waals surface area contributed by atoms with Crippen molar-refractivity contribution in [1.82, 2.24) is 25.5 Å². The standard InChI is InChI=1S/C26H35N5O8S2/c1-9-14(27-20(34)18-13(3)38-26(7,8)31(18)24(37)39-25(4,5)6)21-28-15(10-40-21)19(33)30-17(12(2)32)22-29-16(11-41-22)23(35)36/h9-13,17-18,32H,1-8H3,(H,27,34)(H,30,33)(H,35,36)/b14-9-/t12-,13-,17+,18+/m1/s1. The number of thiazole rings is 2. The number of carboxylic acids is 1. The molecule has 1 fully saturated rings. The first-order valence-corrected chi connectivity index (χ1v) is 14.5. The van der Waals surface area contributed by atoms with Crippen LogP contribution in [0.25, 0.3) is 5.70 Å². The molecule has 224 valence electrons. The fourth-order valence-electron chi connectivity index (χ4n) is 4.19. The molecule has 3 rings (SSSR count). The second-order valence-electron chi connectivity index (χ2n) is 10.9. The maximum absolute atomic E-state index is 13.5. The molecule has 0 radical (unpaired) electrons. The number of carboxylic acid groups (broad SMARTS) is 1. The molecule has 0 bridgehead atoms. The number of aliphatic hydroxyl groups excluding tert-OH is 1. The van der Waals surface area contributed by atoms with Gasteiger partial charge in [-0.05, 0) is 55.4 Å². The summed E-state index contributed by atoms with van der Waals surface area (Å²) in [5.74, 6) is -2.36. The summed E-state index contributed by atoms with van der Waals surface area (Å²) in [5, 5.41) is 28.1. The minimum Gasteiger partial charge on any atom is -0.476 e. The average molecular weight is 610 g/mol. The molecular weight excluding hydrogens is 574 g/mol. The minimum atomic E-state index is -1.22. The predicted molar refractivity (Wildman–Crippen MR) is 151 cm³/mol. The van der Waals surface area contributed by atoms with Crippen LogP contribution in [-0.2, 0) is 14.3 Å². The Morgan fingerprint density at radius 2 is 1.80 bits per heavy atom. The zero-order valence-corrected chi connectivity index (χ0v) is 25.7. The number of aromatic carboxylic acids is 1. The SMILES string of the molecule is C/C=C(\NC(=O)[C@@H]1[C@@H](C)OC(C)(C)N1C(=O)OC(C)(C)C)c1nc(C(=O)N[C@H](c2nc(C(=O)O)cs2)[C@@H](C)O)cs1. The zero-order valence-electron chi connectivity index (χ0n) is 24.0. The molecule has 0 unspecified atom stereocenters. The lowest BCUT2D eigenvalue weighted by Gasteiger charge is -2.34. The highest BCUT2D eigenvalue weighted by Gasteiger charge is 2.53. The Labute approximate surface area is 245 Å². The Bertz CT molecular complexity index is 1340. The molecule has 41 heavy (non-hydrogen) atoms. The molecule has 2 aromatic rings. The third kappa shape index (κ3) is 7.47. The largest absolute Gasteiger partial charge is 0.476 e. The first-order chi connectivity index (χ1) is 18.9. The van der Waals surface area contributed by atoms with Gasteiger partial charge in [-0.3, -0.25) is 14.5 Å². The first kappa shape index (κ1) is 32.1. The monoisotopic (exact) mass is 609 g/mol. The zero-order chi connectivity index (χ0) is 30.9. The Balaban J connectivity index is 1.77. The summed E-state index contributed by atoms with van der Waals surface area (Å²) in [6.45, 7) is 13.4. The highest BCUT2D eigenvalue weighted by molar-refractivity contribution is 7.11. The Kier molecular flexibility index (Phi) is 9.58. The third-order valence-electron chi connectivity index (χ3n) is 5.93. The summed E-state index contributed by atoms with van der Waals surface area (Å²) in [6, 6.07) is -1.96. The van der Waals surface area contributed by atoms with Crippen molar-refractivity contribution in [1.29, 1.82) is 0 Å². The van der Waals surface area contributed by atoms with Crippen LogP contribution in [0.5, 0.6) is 0 Å². The Morgan fingerprint density at radius 3 is 2.34 bits per heavy atom. The summed E-state index contributed by atoms with van der Waals surface area (Å²) in [7, 11) is 0. The number of amides is 3. The van der Waals surface area contributed by atoms with E-state index in [-0.39, 0.29) is 16.4 Å². The molecule has 15 heteroatoms. The van der Waals surface area contributed by atoms with Crippen LogP contribution in [0.4, 0.5) is 4.79 Å². The molecule has 13 nitrogen and oxygen atoms in total. The summed E-state index contributed by atoms with van der Waals surface area (Å²) >= 11 is 2.11. The molecule has 1 aliphatic heterocycles. The van der Waals surface area contributed by atoms with Crippen LogP contribution < -0.4 is 10.6 Å². The van der Waals surface area contributed by atoms with Gasteiger partial charge in [-0.25, -0.2) is 19.6 Å². The van der Waals surface area contributed by atoms with E-state index in [9.17, 15) is 24.3 Å². The molecule has 3 amide bonds. The number of allylic oxidation sites excluding steroid dienone is 1. The highest BCUT2D eigenvalue weighted by Crippen LogP contribution is 2.34. The number of hydrogen-bond donors (Lipinski definition) is 4. The van der Waals surface area contributed by atoms with Gasteiger partial charge in [0.15, 0.2) is 5.69 Å². The van der Waals surface area contributed by atoms with Gasteiger partial charge in [0.25, 0.3) is 5.91 Å². The smallest absolute Gasteiger partial charge is 0.413 e. The highest BCUT2D eigenvalue weighted by atomic mass is 32.1. The molecule has 3 heterocycles. The van der Waals surface area contributed by atoms with Gasteiger partial charge >= 0.3 is 12.1 Å². The summed E-state index contributed by atoms with van der Waals surface area (Å²) < 4.78 is 11.4. The molecule has 1 saturated heterocycles. The van der Waals surface area contributed by atoms with Crippen molar-refractivity contribution in [2.45, 2.75) is 91.0 Å². The van der Waals surface area contributed by atoms with E-state index in [1.807, 2.05) is 0 Å². The number of hydrogen-bond acceptors (Lipinski definition) is 11. The van der Waals surface area contributed by atoms with Crippen molar-refractivity contribution in [2.24, 2.45) is 0 Å². The van der Waals surface area contributed by atoms with Crippen molar-refractivity contribution in [3.05, 3.63) is 38.2 Å². The Morgan fingerprint density at radius 1 is 1.17 bits per heavy atom. The molecule has 4 atom stereocenters. The Hall–Kier alpha value is -3.40. The van der Waals surface area contributed by atoms with Crippen LogP contribution >= 0.6 is 22.7 Å². The van der Waals surface area contributed by atoms with E-state index >= 15 is 0 Å². The van der Waals surface area contributed by atoms with Gasteiger partial charge < -0.3 is 30.3 Å². The number of aliphatic hydroxyl groups is 1. The molecule has 0 aromatic carbocycles. The fourth-order valence-corrected chi connectivity index (χ4v) is 5.96. The predicted octanol–water partition coefficient (Wildman–Crippen LogP) is 3.39. The molecule has 0 aliphatic carbocycles. The van der Waals surface area contributed by atoms with Crippen molar-refractivity contribution in [3.63, 3.8) is 0 Å². The number of carbonyl (C=O) groups excluding carboxylic acids is 3. The van der Waals surface area contributed by atoms with Crippen LogP contribution in [0.2, 0.25) is 0 Å². The lowest BCUT2D eigenvalue weighted by Crippen LogP contribution is -2.55. The second-order valence-corrected chi connectivity index (χ2v) is 12.6. The molecule has 0 saturated carbocycles. The summed E-state index contributed by atoms with van der Waals surface area (Å²) in [5.41, 5.74) is -1.73. The van der Waals surface area contributed by atoms with Crippen molar-refractivity contribution in [3.8, 4) is 0 Å². The van der Waals surface area contributed by atoms with E-state index in [1.165, 1.54) is 22.6 Å². The van der Waals surface area contributed by atoms with Gasteiger partial charge in [-0.1, -0.05) is 6.08 Å². The number of ether oxygens (including phenoxy) is 2. The van der Waals surface area contributed by atoms with Crippen LogP contribution in [0, 0.1) is 0 Å². The molecule has 0 spiro atoms. The normalized spacial score (nSPS) is 20.3. The van der Waals surface area contributed by atoms with E-state index in [0.29, 0.717) is 10.7 Å². The quantitative estimate of drug-likeness (QED) is 0.346. The molecular formula is C26H35N5O8S2. The minimum absolute atomic E-state index is 0.0216. The first-order valence-electron chi connectivity index (χ1n) is 12.8. The lowest BCUT2D eigenvalue weighted by atomic mass is 10.1. The number of carbonyl (C=O) groups is 4. The maximum Gasteiger partial charge on any atom is 0.413 e. The van der Waals surface area contributed by atoms with Gasteiger partial charge in [0.1, 0.15) is 39.1 Å². The van der Waals surface area contributed by atoms with E-state index in [2.05, 4.69) is 20.6 Å². The summed E-state index contributed by atoms with van der Waals surface area (Å²) in [4.78, 5) is 60.3. The van der Waals surface area contributed by atoms with Gasteiger partial charge in [0.2, 0.25) is 5.91 Å². The van der Waals surface area contributed by atoms with E-state index in [0.717, 1.165) is 22.7 Å². The number of nitrogens with zero attached hydrogens (tertiary/aromatic N) is 3. The van der Waals surface area contributed by atoms with E-state index < -0.39 is 59.5 Å². The molecule has 2 aromatic heterocycles. The molecule has 1 aliphatic rings. The van der Waals surface area contributed by atoms with Crippen LogP contribution in [0.3, 0.4) is 0 Å². The van der Waals surface area contributed by atoms with Crippen molar-refractivity contribution in [2.75, 3.05) is 0 Å². The lowest BCUT2D eigenvalue weighted by molar-refractivity contribution is -0.125. The van der Waals surface area contributed by atoms with Crippen molar-refractivity contribution >= 4 is 52.2 Å². The summed E-state index contributed by atoms with van der Waals surface area (Å²) in [6.07, 6.45) is -0.782. The van der Waals surface area contributed by atoms with Gasteiger partial charge in [-0.2, -0.15) is 0 Å².